The van der Waals surface area contributed by atoms with E-state index in [2.05, 4.69) is 15.1 Å². The van der Waals surface area contributed by atoms with Crippen molar-refractivity contribution in [3.8, 4) is 28.4 Å². The Morgan fingerprint density at radius 3 is 2.00 bits per heavy atom. The Hall–Kier alpha value is -3.54. The number of nitrogens with zero attached hydrogens (tertiary/aromatic N) is 4. The second kappa shape index (κ2) is 5.58. The molecule has 2 aromatic carbocycles. The molecule has 4 aromatic rings. The minimum absolute atomic E-state index is 0.0542. The maximum atomic E-state index is 12.1. The molecule has 6 nitrogen and oxygen atoms in total. The first-order valence-corrected chi connectivity index (χ1v) is 7.34. The van der Waals surface area contributed by atoms with Crippen LogP contribution in [0.1, 0.15) is 0 Å². The molecule has 0 atom stereocenters. The van der Waals surface area contributed by atoms with E-state index >= 15 is 0 Å². The number of hydrogen-bond acceptors (Lipinski definition) is 5. The van der Waals surface area contributed by atoms with Gasteiger partial charge in [-0.1, -0.05) is 60.7 Å². The van der Waals surface area contributed by atoms with Crippen LogP contribution >= 0.6 is 0 Å². The summed E-state index contributed by atoms with van der Waals surface area (Å²) in [5.41, 5.74) is 2.37. The number of aromatic nitrogens is 4. The van der Waals surface area contributed by atoms with Gasteiger partial charge >= 0.3 is 0 Å². The standard InChI is InChI=1S/C18H12N4O2/c23-14-11-15(24)22-18(19-14)20-16(12-7-3-1-4-8-12)17(21-22)13-9-5-2-6-10-13/h1-11,23H. The maximum absolute atomic E-state index is 12.1. The molecule has 6 heteroatoms. The van der Waals surface area contributed by atoms with Crippen LogP contribution in [0.3, 0.4) is 0 Å². The first-order valence-electron chi connectivity index (χ1n) is 7.34. The second-order valence-corrected chi connectivity index (χ2v) is 5.21. The van der Waals surface area contributed by atoms with Crippen molar-refractivity contribution < 1.29 is 5.11 Å². The smallest absolute Gasteiger partial charge is 0.279 e. The average Bonchev–Trinajstić information content (AvgIpc) is 2.62. The third-order valence-electron chi connectivity index (χ3n) is 3.60. The fourth-order valence-electron chi connectivity index (χ4n) is 2.51. The number of hydrogen-bond donors (Lipinski definition) is 1. The first-order chi connectivity index (χ1) is 11.7. The van der Waals surface area contributed by atoms with E-state index in [4.69, 9.17) is 0 Å². The molecule has 116 valence electrons. The topological polar surface area (TPSA) is 80.4 Å². The summed E-state index contributed by atoms with van der Waals surface area (Å²) in [4.78, 5) is 20.5. The molecule has 4 rings (SSSR count). The van der Waals surface area contributed by atoms with E-state index in [1.165, 1.54) is 0 Å². The highest BCUT2D eigenvalue weighted by molar-refractivity contribution is 5.78. The lowest BCUT2D eigenvalue weighted by Gasteiger charge is -2.10. The van der Waals surface area contributed by atoms with Crippen molar-refractivity contribution in [3.63, 3.8) is 0 Å². The lowest BCUT2D eigenvalue weighted by atomic mass is 10.0. The lowest BCUT2D eigenvalue weighted by Crippen LogP contribution is -2.18. The van der Waals surface area contributed by atoms with Gasteiger partial charge in [0.1, 0.15) is 11.4 Å². The molecule has 0 fully saturated rings. The number of fused-ring (bicyclic) bond motifs is 1. The molecule has 0 aliphatic rings. The average molecular weight is 316 g/mol. The fourth-order valence-corrected chi connectivity index (χ4v) is 2.51. The maximum Gasteiger partial charge on any atom is 0.279 e. The lowest BCUT2D eigenvalue weighted by molar-refractivity contribution is 0.451. The molecule has 0 unspecified atom stereocenters. The van der Waals surface area contributed by atoms with Gasteiger partial charge in [0.15, 0.2) is 0 Å². The van der Waals surface area contributed by atoms with Crippen LogP contribution < -0.4 is 5.56 Å². The van der Waals surface area contributed by atoms with E-state index in [-0.39, 0.29) is 11.7 Å². The van der Waals surface area contributed by atoms with E-state index in [0.29, 0.717) is 11.4 Å². The second-order valence-electron chi connectivity index (χ2n) is 5.21. The molecule has 1 N–H and O–H groups in total. The van der Waals surface area contributed by atoms with Gasteiger partial charge in [-0.05, 0) is 0 Å². The van der Waals surface area contributed by atoms with Crippen LogP contribution in [0.5, 0.6) is 5.88 Å². The summed E-state index contributed by atoms with van der Waals surface area (Å²) in [6.45, 7) is 0. The van der Waals surface area contributed by atoms with Gasteiger partial charge in [0.05, 0.1) is 6.07 Å². The van der Waals surface area contributed by atoms with Crippen molar-refractivity contribution in [3.05, 3.63) is 77.1 Å². The summed E-state index contributed by atoms with van der Waals surface area (Å²) in [5, 5.41) is 14.0. The Balaban J connectivity index is 2.10. The quantitative estimate of drug-likeness (QED) is 0.614. The molecule has 0 spiro atoms. The molecule has 0 aliphatic carbocycles. The predicted octanol–water partition coefficient (Wildman–Crippen LogP) is 2.52. The van der Waals surface area contributed by atoms with Crippen molar-refractivity contribution in [1.29, 1.82) is 0 Å². The minimum atomic E-state index is -0.484. The summed E-state index contributed by atoms with van der Waals surface area (Å²) in [6.07, 6.45) is 0. The van der Waals surface area contributed by atoms with Gasteiger partial charge in [-0.25, -0.2) is 4.98 Å². The summed E-state index contributed by atoms with van der Waals surface area (Å²) >= 11 is 0. The zero-order valence-corrected chi connectivity index (χ0v) is 12.5. The van der Waals surface area contributed by atoms with Crippen LogP contribution in [0.2, 0.25) is 0 Å². The van der Waals surface area contributed by atoms with Crippen LogP contribution in [-0.4, -0.2) is 24.7 Å². The van der Waals surface area contributed by atoms with Gasteiger partial charge in [-0.2, -0.15) is 14.6 Å². The Morgan fingerprint density at radius 2 is 1.38 bits per heavy atom. The predicted molar refractivity (Wildman–Crippen MR) is 89.6 cm³/mol. The van der Waals surface area contributed by atoms with Crippen LogP contribution in [0.25, 0.3) is 28.3 Å². The molecule has 0 amide bonds. The normalized spacial score (nSPS) is 10.8. The minimum Gasteiger partial charge on any atom is -0.493 e. The van der Waals surface area contributed by atoms with E-state index < -0.39 is 5.56 Å². The van der Waals surface area contributed by atoms with Crippen LogP contribution in [0.4, 0.5) is 0 Å². The van der Waals surface area contributed by atoms with Crippen molar-refractivity contribution in [1.82, 2.24) is 19.6 Å². The van der Waals surface area contributed by atoms with Crippen molar-refractivity contribution in [2.24, 2.45) is 0 Å². The Morgan fingerprint density at radius 1 is 0.792 bits per heavy atom. The molecule has 0 saturated carbocycles. The van der Waals surface area contributed by atoms with Crippen molar-refractivity contribution >= 4 is 5.78 Å². The Bertz CT molecular complexity index is 1080. The molecule has 0 bridgehead atoms. The molecular weight excluding hydrogens is 304 g/mol. The highest BCUT2D eigenvalue weighted by Crippen LogP contribution is 2.28. The van der Waals surface area contributed by atoms with Crippen molar-refractivity contribution in [2.75, 3.05) is 0 Å². The monoisotopic (exact) mass is 316 g/mol. The van der Waals surface area contributed by atoms with Crippen molar-refractivity contribution in [2.45, 2.75) is 0 Å². The highest BCUT2D eigenvalue weighted by Gasteiger charge is 2.15. The Labute approximate surface area is 136 Å². The SMILES string of the molecule is O=c1cc(O)nc2nc(-c3ccccc3)c(-c3ccccc3)nn12. The van der Waals surface area contributed by atoms with E-state index in [1.807, 2.05) is 60.7 Å². The van der Waals surface area contributed by atoms with Gasteiger partial charge in [0.25, 0.3) is 11.3 Å². The van der Waals surface area contributed by atoms with Crippen LogP contribution in [0, 0.1) is 0 Å². The molecule has 24 heavy (non-hydrogen) atoms. The first kappa shape index (κ1) is 14.1. The zero-order chi connectivity index (χ0) is 16.5. The van der Waals surface area contributed by atoms with Crippen LogP contribution in [-0.2, 0) is 0 Å². The molecule has 0 saturated heterocycles. The van der Waals surface area contributed by atoms with Gasteiger partial charge in [0, 0.05) is 11.1 Å². The molecule has 2 aromatic heterocycles. The van der Waals surface area contributed by atoms with Gasteiger partial charge in [-0.15, -0.1) is 0 Å². The van der Waals surface area contributed by atoms with Gasteiger partial charge < -0.3 is 5.11 Å². The number of benzene rings is 2. The summed E-state index contributed by atoms with van der Waals surface area (Å²) in [5.74, 6) is -0.320. The summed E-state index contributed by atoms with van der Waals surface area (Å²) in [7, 11) is 0. The third kappa shape index (κ3) is 2.40. The molecular formula is C18H12N4O2. The summed E-state index contributed by atoms with van der Waals surface area (Å²) < 4.78 is 1.09. The van der Waals surface area contributed by atoms with E-state index in [9.17, 15) is 9.90 Å². The van der Waals surface area contributed by atoms with Crippen LogP contribution in [0.15, 0.2) is 71.5 Å². The molecule has 2 heterocycles. The molecule has 0 radical (unpaired) electrons. The molecule has 0 aliphatic heterocycles. The number of rotatable bonds is 2. The Kier molecular flexibility index (Phi) is 3.28. The summed E-state index contributed by atoms with van der Waals surface area (Å²) in [6, 6.07) is 20.1. The van der Waals surface area contributed by atoms with E-state index in [0.717, 1.165) is 21.7 Å². The third-order valence-corrected chi connectivity index (χ3v) is 3.60. The zero-order valence-electron chi connectivity index (χ0n) is 12.5. The highest BCUT2D eigenvalue weighted by atomic mass is 16.3. The van der Waals surface area contributed by atoms with E-state index in [1.54, 1.807) is 0 Å². The van der Waals surface area contributed by atoms with Gasteiger partial charge in [-0.3, -0.25) is 4.79 Å². The fraction of sp³-hybridized carbons (Fsp3) is 0. The largest absolute Gasteiger partial charge is 0.493 e. The van der Waals surface area contributed by atoms with Gasteiger partial charge in [0.2, 0.25) is 5.88 Å². The number of aromatic hydroxyl groups is 1.